The first kappa shape index (κ1) is 13.9. The lowest BCUT2D eigenvalue weighted by Gasteiger charge is -2.06. The standard InChI is InChI=1S/C16H18N4S/c1-10-5-4-6-14(15(10)17)21-9-13-8-20-12(3)7-11(2)18-16(20)19-13/h4-8H,9,17H2,1-3H3. The van der Waals surface area contributed by atoms with Crippen molar-refractivity contribution in [3.05, 3.63) is 53.1 Å². The van der Waals surface area contributed by atoms with Crippen LogP contribution in [0.3, 0.4) is 0 Å². The van der Waals surface area contributed by atoms with Gasteiger partial charge in [0, 0.05) is 33.9 Å². The number of fused-ring (bicyclic) bond motifs is 1. The van der Waals surface area contributed by atoms with Crippen LogP contribution in [0.1, 0.15) is 22.6 Å². The molecule has 3 aromatic rings. The summed E-state index contributed by atoms with van der Waals surface area (Å²) in [5, 5.41) is 0. The molecular weight excluding hydrogens is 280 g/mol. The van der Waals surface area contributed by atoms with E-state index in [1.54, 1.807) is 11.8 Å². The number of nitrogen functional groups attached to an aromatic ring is 1. The van der Waals surface area contributed by atoms with Crippen LogP contribution in [0.4, 0.5) is 5.69 Å². The minimum absolute atomic E-state index is 0.764. The highest BCUT2D eigenvalue weighted by Crippen LogP contribution is 2.29. The maximum atomic E-state index is 6.11. The summed E-state index contributed by atoms with van der Waals surface area (Å²) in [5.74, 6) is 1.55. The molecule has 0 spiro atoms. The number of aromatic nitrogens is 3. The Morgan fingerprint density at radius 1 is 1.19 bits per heavy atom. The second kappa shape index (κ2) is 5.41. The Balaban J connectivity index is 1.85. The minimum Gasteiger partial charge on any atom is -0.398 e. The fraction of sp³-hybridized carbons (Fsp3) is 0.250. The van der Waals surface area contributed by atoms with Crippen molar-refractivity contribution in [2.75, 3.05) is 5.73 Å². The Hall–Kier alpha value is -2.01. The van der Waals surface area contributed by atoms with Crippen LogP contribution in [0.2, 0.25) is 0 Å². The molecule has 0 amide bonds. The van der Waals surface area contributed by atoms with Gasteiger partial charge >= 0.3 is 0 Å². The number of imidazole rings is 1. The molecule has 0 radical (unpaired) electrons. The van der Waals surface area contributed by atoms with Crippen molar-refractivity contribution in [2.45, 2.75) is 31.4 Å². The van der Waals surface area contributed by atoms with Crippen LogP contribution in [-0.2, 0) is 5.75 Å². The van der Waals surface area contributed by atoms with Crippen molar-refractivity contribution in [3.8, 4) is 0 Å². The molecule has 0 aliphatic heterocycles. The molecule has 0 aliphatic rings. The van der Waals surface area contributed by atoms with Crippen molar-refractivity contribution >= 4 is 23.2 Å². The van der Waals surface area contributed by atoms with Crippen molar-refractivity contribution < 1.29 is 0 Å². The van der Waals surface area contributed by atoms with E-state index in [-0.39, 0.29) is 0 Å². The van der Waals surface area contributed by atoms with Gasteiger partial charge in [0.2, 0.25) is 5.78 Å². The predicted octanol–water partition coefficient (Wildman–Crippen LogP) is 3.53. The van der Waals surface area contributed by atoms with Gasteiger partial charge in [0.1, 0.15) is 0 Å². The smallest absolute Gasteiger partial charge is 0.234 e. The highest BCUT2D eigenvalue weighted by Gasteiger charge is 2.08. The first-order chi connectivity index (χ1) is 10.0. The summed E-state index contributed by atoms with van der Waals surface area (Å²) in [5.41, 5.74) is 11.2. The molecule has 21 heavy (non-hydrogen) atoms. The van der Waals surface area contributed by atoms with Crippen LogP contribution in [0.15, 0.2) is 35.4 Å². The third-order valence-corrected chi connectivity index (χ3v) is 4.58. The molecule has 0 fully saturated rings. The molecule has 0 unspecified atom stereocenters. The van der Waals surface area contributed by atoms with Gasteiger partial charge in [-0.25, -0.2) is 9.97 Å². The van der Waals surface area contributed by atoms with Crippen LogP contribution < -0.4 is 5.73 Å². The first-order valence-corrected chi connectivity index (χ1v) is 7.83. The monoisotopic (exact) mass is 298 g/mol. The molecule has 2 N–H and O–H groups in total. The molecule has 1 aromatic carbocycles. The van der Waals surface area contributed by atoms with E-state index in [4.69, 9.17) is 5.73 Å². The average molecular weight is 298 g/mol. The summed E-state index contributed by atoms with van der Waals surface area (Å²) in [7, 11) is 0. The number of nitrogens with two attached hydrogens (primary N) is 1. The highest BCUT2D eigenvalue weighted by molar-refractivity contribution is 7.98. The quantitative estimate of drug-likeness (QED) is 0.593. The number of thioether (sulfide) groups is 1. The molecule has 0 bridgehead atoms. The summed E-state index contributed by atoms with van der Waals surface area (Å²) < 4.78 is 2.03. The molecule has 0 aliphatic carbocycles. The van der Waals surface area contributed by atoms with E-state index < -0.39 is 0 Å². The normalized spacial score (nSPS) is 11.2. The van der Waals surface area contributed by atoms with Crippen molar-refractivity contribution in [1.29, 1.82) is 0 Å². The number of hydrogen-bond acceptors (Lipinski definition) is 4. The Morgan fingerprint density at radius 3 is 2.81 bits per heavy atom. The van der Waals surface area contributed by atoms with Crippen molar-refractivity contribution in [3.63, 3.8) is 0 Å². The van der Waals surface area contributed by atoms with Gasteiger partial charge in [-0.1, -0.05) is 12.1 Å². The minimum atomic E-state index is 0.764. The topological polar surface area (TPSA) is 56.2 Å². The number of nitrogens with zero attached hydrogens (tertiary/aromatic N) is 3. The molecule has 0 atom stereocenters. The third kappa shape index (κ3) is 2.74. The van der Waals surface area contributed by atoms with Gasteiger partial charge in [0.05, 0.1) is 5.69 Å². The number of anilines is 1. The third-order valence-electron chi connectivity index (χ3n) is 3.47. The molecule has 2 heterocycles. The number of para-hydroxylation sites is 1. The Kier molecular flexibility index (Phi) is 3.59. The van der Waals surface area contributed by atoms with Gasteiger partial charge < -0.3 is 5.73 Å². The molecule has 4 nitrogen and oxygen atoms in total. The zero-order valence-electron chi connectivity index (χ0n) is 12.4. The first-order valence-electron chi connectivity index (χ1n) is 6.84. The van der Waals surface area contributed by atoms with Gasteiger partial charge in [-0.3, -0.25) is 4.40 Å². The van der Waals surface area contributed by atoms with Crippen LogP contribution >= 0.6 is 11.8 Å². The van der Waals surface area contributed by atoms with E-state index in [2.05, 4.69) is 35.2 Å². The number of hydrogen-bond donors (Lipinski definition) is 1. The predicted molar refractivity (Wildman–Crippen MR) is 87.6 cm³/mol. The zero-order valence-corrected chi connectivity index (χ0v) is 13.2. The fourth-order valence-corrected chi connectivity index (χ4v) is 3.25. The second-order valence-electron chi connectivity index (χ2n) is 5.22. The van der Waals surface area contributed by atoms with Gasteiger partial charge in [-0.2, -0.15) is 0 Å². The summed E-state index contributed by atoms with van der Waals surface area (Å²) in [6.07, 6.45) is 2.05. The van der Waals surface area contributed by atoms with Crippen LogP contribution in [0.25, 0.3) is 5.78 Å². The lowest BCUT2D eigenvalue weighted by Crippen LogP contribution is -1.94. The summed E-state index contributed by atoms with van der Waals surface area (Å²) in [6.45, 7) is 6.09. The second-order valence-corrected chi connectivity index (χ2v) is 6.23. The molecule has 5 heteroatoms. The van der Waals surface area contributed by atoms with Gasteiger partial charge in [-0.05, 0) is 38.5 Å². The Morgan fingerprint density at radius 2 is 2.00 bits per heavy atom. The number of rotatable bonds is 3. The fourth-order valence-electron chi connectivity index (χ4n) is 2.32. The SMILES string of the molecule is Cc1cc(C)n2cc(CSc3cccc(C)c3N)nc2n1. The lowest BCUT2D eigenvalue weighted by molar-refractivity contribution is 1.01. The zero-order chi connectivity index (χ0) is 15.0. The van der Waals surface area contributed by atoms with Crippen molar-refractivity contribution in [2.24, 2.45) is 0 Å². The van der Waals surface area contributed by atoms with Crippen molar-refractivity contribution in [1.82, 2.24) is 14.4 Å². The summed E-state index contributed by atoms with van der Waals surface area (Å²) >= 11 is 1.71. The highest BCUT2D eigenvalue weighted by atomic mass is 32.2. The molecule has 0 saturated carbocycles. The maximum Gasteiger partial charge on any atom is 0.234 e. The lowest BCUT2D eigenvalue weighted by atomic mass is 10.2. The van der Waals surface area contributed by atoms with E-state index in [9.17, 15) is 0 Å². The largest absolute Gasteiger partial charge is 0.398 e. The van der Waals surface area contributed by atoms with Crippen LogP contribution in [0.5, 0.6) is 0 Å². The van der Waals surface area contributed by atoms with E-state index in [1.165, 1.54) is 0 Å². The van der Waals surface area contributed by atoms with Gasteiger partial charge in [0.15, 0.2) is 0 Å². The number of benzene rings is 1. The molecule has 0 saturated heterocycles. The Bertz CT molecular complexity index is 807. The summed E-state index contributed by atoms with van der Waals surface area (Å²) in [4.78, 5) is 10.2. The van der Waals surface area contributed by atoms with Crippen LogP contribution in [0, 0.1) is 20.8 Å². The summed E-state index contributed by atoms with van der Waals surface area (Å²) in [6, 6.07) is 8.17. The average Bonchev–Trinajstić information content (AvgIpc) is 2.83. The van der Waals surface area contributed by atoms with E-state index in [1.807, 2.05) is 30.4 Å². The van der Waals surface area contributed by atoms with E-state index in [0.29, 0.717) is 0 Å². The van der Waals surface area contributed by atoms with Gasteiger partial charge in [-0.15, -0.1) is 11.8 Å². The molecule has 3 rings (SSSR count). The molecule has 2 aromatic heterocycles. The van der Waals surface area contributed by atoms with E-state index in [0.717, 1.165) is 44.8 Å². The van der Waals surface area contributed by atoms with Gasteiger partial charge in [0.25, 0.3) is 0 Å². The number of aryl methyl sites for hydroxylation is 3. The maximum absolute atomic E-state index is 6.11. The molecular formula is C16H18N4S. The molecule has 108 valence electrons. The Labute approximate surface area is 128 Å². The van der Waals surface area contributed by atoms with Crippen LogP contribution in [-0.4, -0.2) is 14.4 Å². The van der Waals surface area contributed by atoms with E-state index >= 15 is 0 Å².